The largest absolute Gasteiger partial charge is 0.0885 e. The zero-order chi connectivity index (χ0) is 14.9. The third kappa shape index (κ3) is 14.2. The van der Waals surface area contributed by atoms with Crippen molar-refractivity contribution in [2.75, 3.05) is 0 Å². The number of hydrogen-bond donors (Lipinski definition) is 0. The van der Waals surface area contributed by atoms with Crippen LogP contribution >= 0.6 is 0 Å². The molecule has 0 spiro atoms. The van der Waals surface area contributed by atoms with Gasteiger partial charge in [0.25, 0.3) is 0 Å². The van der Waals surface area contributed by atoms with Gasteiger partial charge in [-0.2, -0.15) is 0 Å². The lowest BCUT2D eigenvalue weighted by Gasteiger charge is -2.04. The van der Waals surface area contributed by atoms with Crippen LogP contribution in [-0.4, -0.2) is 0 Å². The Labute approximate surface area is 129 Å². The van der Waals surface area contributed by atoms with E-state index in [0.717, 1.165) is 0 Å². The summed E-state index contributed by atoms with van der Waals surface area (Å²) in [4.78, 5) is 0. The van der Waals surface area contributed by atoms with Crippen molar-refractivity contribution < 1.29 is 0 Å². The van der Waals surface area contributed by atoms with Gasteiger partial charge in [0.05, 0.1) is 0 Å². The molecule has 0 atom stereocenters. The maximum Gasteiger partial charge on any atom is -0.0321 e. The minimum absolute atomic E-state index is 1.24. The van der Waals surface area contributed by atoms with Crippen molar-refractivity contribution in [2.45, 2.75) is 117 Å². The molecule has 0 aromatic rings. The Morgan fingerprint density at radius 3 is 1.35 bits per heavy atom. The highest BCUT2D eigenvalue weighted by molar-refractivity contribution is 4.98. The van der Waals surface area contributed by atoms with Gasteiger partial charge in [0.1, 0.15) is 0 Å². The maximum atomic E-state index is 2.31. The zero-order valence-electron chi connectivity index (χ0n) is 14.7. The summed E-state index contributed by atoms with van der Waals surface area (Å²) in [6.45, 7) is 6.75. The first kappa shape index (κ1) is 19.7. The minimum Gasteiger partial charge on any atom is -0.0885 e. The lowest BCUT2D eigenvalue weighted by molar-refractivity contribution is 0.538. The summed E-state index contributed by atoms with van der Waals surface area (Å²) in [5.41, 5.74) is 1.65. The Balaban J connectivity index is 3.06. The molecule has 0 nitrogen and oxygen atoms in total. The van der Waals surface area contributed by atoms with Crippen molar-refractivity contribution in [1.29, 1.82) is 0 Å². The molecule has 0 aliphatic rings. The smallest absolute Gasteiger partial charge is 0.0321 e. The van der Waals surface area contributed by atoms with Crippen LogP contribution < -0.4 is 0 Å². The molecule has 0 aromatic heterocycles. The summed E-state index contributed by atoms with van der Waals surface area (Å²) in [5.74, 6) is 0. The minimum atomic E-state index is 1.24. The molecule has 0 N–H and O–H groups in total. The molecule has 0 aromatic carbocycles. The fourth-order valence-corrected chi connectivity index (χ4v) is 2.90. The molecule has 0 saturated carbocycles. The molecule has 0 fully saturated rings. The molecule has 0 aliphatic heterocycles. The van der Waals surface area contributed by atoms with E-state index in [1.807, 2.05) is 0 Å². The second-order valence-electron chi connectivity index (χ2n) is 6.29. The Hall–Kier alpha value is -0.260. The first-order chi connectivity index (χ1) is 9.85. The van der Waals surface area contributed by atoms with Gasteiger partial charge in [-0.25, -0.2) is 0 Å². The van der Waals surface area contributed by atoms with Gasteiger partial charge in [-0.1, -0.05) is 103 Å². The molecule has 20 heavy (non-hydrogen) atoms. The van der Waals surface area contributed by atoms with E-state index in [0.29, 0.717) is 0 Å². The van der Waals surface area contributed by atoms with Crippen molar-refractivity contribution in [3.63, 3.8) is 0 Å². The van der Waals surface area contributed by atoms with E-state index >= 15 is 0 Å². The molecular formula is C20H40. The summed E-state index contributed by atoms with van der Waals surface area (Å²) in [5, 5.41) is 0. The van der Waals surface area contributed by atoms with Gasteiger partial charge < -0.3 is 0 Å². The highest BCUT2D eigenvalue weighted by atomic mass is 14.0. The summed E-state index contributed by atoms with van der Waals surface area (Å²) in [6.07, 6.45) is 23.8. The fourth-order valence-electron chi connectivity index (χ4n) is 2.90. The third-order valence-electron chi connectivity index (χ3n) is 4.46. The van der Waals surface area contributed by atoms with Gasteiger partial charge in [0.15, 0.2) is 0 Å². The normalized spacial score (nSPS) is 12.1. The van der Waals surface area contributed by atoms with E-state index < -0.39 is 0 Å². The number of hydrogen-bond acceptors (Lipinski definition) is 0. The van der Waals surface area contributed by atoms with Crippen molar-refractivity contribution in [2.24, 2.45) is 0 Å². The first-order valence-electron chi connectivity index (χ1n) is 9.49. The second kappa shape index (κ2) is 16.8. The quantitative estimate of drug-likeness (QED) is 0.212. The van der Waals surface area contributed by atoms with Crippen molar-refractivity contribution in [3.8, 4) is 0 Å². The predicted molar refractivity (Wildman–Crippen MR) is 94.4 cm³/mol. The number of allylic oxidation sites excluding steroid dienone is 2. The van der Waals surface area contributed by atoms with Gasteiger partial charge in [-0.3, -0.25) is 0 Å². The Kier molecular flexibility index (Phi) is 16.6. The van der Waals surface area contributed by atoms with Gasteiger partial charge in [-0.05, 0) is 26.2 Å². The van der Waals surface area contributed by atoms with E-state index in [1.165, 1.54) is 96.3 Å². The van der Waals surface area contributed by atoms with Gasteiger partial charge in [0.2, 0.25) is 0 Å². The third-order valence-corrected chi connectivity index (χ3v) is 4.46. The SMILES string of the molecule is C/C=C(\CC)CCCCCCCCCCCCCCC. The van der Waals surface area contributed by atoms with E-state index in [1.54, 1.807) is 5.57 Å². The Bertz CT molecular complexity index is 202. The van der Waals surface area contributed by atoms with Crippen LogP contribution in [0.2, 0.25) is 0 Å². The maximum absolute atomic E-state index is 2.31. The number of rotatable bonds is 15. The molecule has 120 valence electrons. The molecule has 0 heterocycles. The second-order valence-corrected chi connectivity index (χ2v) is 6.29. The van der Waals surface area contributed by atoms with Gasteiger partial charge in [-0.15, -0.1) is 0 Å². The molecule has 0 radical (unpaired) electrons. The topological polar surface area (TPSA) is 0 Å². The molecule has 0 aliphatic carbocycles. The van der Waals surface area contributed by atoms with E-state index in [4.69, 9.17) is 0 Å². The van der Waals surface area contributed by atoms with E-state index in [-0.39, 0.29) is 0 Å². The lowest BCUT2D eigenvalue weighted by Crippen LogP contribution is -1.85. The summed E-state index contributed by atoms with van der Waals surface area (Å²) >= 11 is 0. The van der Waals surface area contributed by atoms with Crippen LogP contribution in [0.25, 0.3) is 0 Å². The Morgan fingerprint density at radius 2 is 1.00 bits per heavy atom. The van der Waals surface area contributed by atoms with Crippen LogP contribution in [0, 0.1) is 0 Å². The van der Waals surface area contributed by atoms with Crippen LogP contribution in [0.3, 0.4) is 0 Å². The van der Waals surface area contributed by atoms with Crippen LogP contribution in [0.5, 0.6) is 0 Å². The molecule has 0 heteroatoms. The average molecular weight is 281 g/mol. The highest BCUT2D eigenvalue weighted by Crippen LogP contribution is 2.15. The molecule has 0 bridgehead atoms. The molecular weight excluding hydrogens is 240 g/mol. The highest BCUT2D eigenvalue weighted by Gasteiger charge is 1.95. The van der Waals surface area contributed by atoms with Crippen LogP contribution in [0.1, 0.15) is 117 Å². The lowest BCUT2D eigenvalue weighted by atomic mass is 10.0. The van der Waals surface area contributed by atoms with E-state index in [2.05, 4.69) is 26.8 Å². The van der Waals surface area contributed by atoms with Crippen LogP contribution in [-0.2, 0) is 0 Å². The molecule has 0 saturated heterocycles. The van der Waals surface area contributed by atoms with Crippen LogP contribution in [0.4, 0.5) is 0 Å². The van der Waals surface area contributed by atoms with Gasteiger partial charge in [0, 0.05) is 0 Å². The average Bonchev–Trinajstić information content (AvgIpc) is 2.48. The summed E-state index contributed by atoms with van der Waals surface area (Å²) < 4.78 is 0. The standard InChI is InChI=1S/C20H40/c1-4-7-8-9-10-11-12-13-14-15-16-17-18-19-20(5-2)6-3/h5H,4,6-19H2,1-3H3/b20-5+. The van der Waals surface area contributed by atoms with E-state index in [9.17, 15) is 0 Å². The predicted octanol–water partition coefficient (Wildman–Crippen LogP) is 7.82. The molecule has 0 amide bonds. The van der Waals surface area contributed by atoms with Gasteiger partial charge >= 0.3 is 0 Å². The summed E-state index contributed by atoms with van der Waals surface area (Å²) in [7, 11) is 0. The monoisotopic (exact) mass is 280 g/mol. The van der Waals surface area contributed by atoms with Crippen molar-refractivity contribution in [3.05, 3.63) is 11.6 Å². The molecule has 0 rings (SSSR count). The van der Waals surface area contributed by atoms with Crippen molar-refractivity contribution >= 4 is 0 Å². The van der Waals surface area contributed by atoms with Crippen molar-refractivity contribution in [1.82, 2.24) is 0 Å². The zero-order valence-corrected chi connectivity index (χ0v) is 14.7. The summed E-state index contributed by atoms with van der Waals surface area (Å²) in [6, 6.07) is 0. The molecule has 0 unspecified atom stereocenters. The number of unbranched alkanes of at least 4 members (excludes halogenated alkanes) is 12. The Morgan fingerprint density at radius 1 is 0.600 bits per heavy atom. The van der Waals surface area contributed by atoms with Crippen LogP contribution in [0.15, 0.2) is 11.6 Å². The first-order valence-corrected chi connectivity index (χ1v) is 9.49. The fraction of sp³-hybridized carbons (Fsp3) is 0.900.